The molecule has 0 saturated heterocycles. The number of anilines is 1. The third kappa shape index (κ3) is 6.46. The first kappa shape index (κ1) is 25.0. The Bertz CT molecular complexity index is 1180. The zero-order valence-electron chi connectivity index (χ0n) is 18.1. The minimum Gasteiger partial charge on any atom is -0.342 e. The molecule has 10 heteroatoms. The summed E-state index contributed by atoms with van der Waals surface area (Å²) in [6.07, 6.45) is 1.71. The van der Waals surface area contributed by atoms with E-state index in [9.17, 15) is 9.59 Å². The maximum absolute atomic E-state index is 12.6. The number of nitrogens with one attached hydrogen (secondary N) is 2. The Morgan fingerprint density at radius 3 is 2.73 bits per heavy atom. The molecule has 0 fully saturated rings. The van der Waals surface area contributed by atoms with Crippen molar-refractivity contribution in [1.29, 1.82) is 0 Å². The molecule has 1 atom stereocenters. The van der Waals surface area contributed by atoms with Gasteiger partial charge in [-0.05, 0) is 49.7 Å². The molecule has 2 amide bonds. The number of nitrogens with zero attached hydrogens (tertiary/aromatic N) is 3. The predicted octanol–water partition coefficient (Wildman–Crippen LogP) is 5.41. The van der Waals surface area contributed by atoms with Gasteiger partial charge >= 0.3 is 0 Å². The van der Waals surface area contributed by atoms with Crippen molar-refractivity contribution in [2.45, 2.75) is 31.6 Å². The summed E-state index contributed by atoms with van der Waals surface area (Å²) >= 11 is 10.8. The smallest absolute Gasteiger partial charge is 0.253 e. The largest absolute Gasteiger partial charge is 0.342 e. The number of rotatable bonds is 9. The molecule has 33 heavy (non-hydrogen) atoms. The van der Waals surface area contributed by atoms with Gasteiger partial charge in [-0.15, -0.1) is 16.8 Å². The van der Waals surface area contributed by atoms with Gasteiger partial charge in [0.25, 0.3) is 5.91 Å². The third-order valence-corrected chi connectivity index (χ3v) is 6.50. The van der Waals surface area contributed by atoms with E-state index in [1.54, 1.807) is 30.3 Å². The molecule has 3 rings (SSSR count). The summed E-state index contributed by atoms with van der Waals surface area (Å²) in [5.74, 6) is 0.257. The van der Waals surface area contributed by atoms with Crippen LogP contribution in [0.4, 0.5) is 5.69 Å². The van der Waals surface area contributed by atoms with Crippen molar-refractivity contribution in [3.05, 3.63) is 81.6 Å². The van der Waals surface area contributed by atoms with E-state index in [1.165, 1.54) is 11.8 Å². The number of aromatic nitrogens is 3. The second-order valence-corrected chi connectivity index (χ2v) is 9.48. The fourth-order valence-corrected chi connectivity index (χ4v) is 4.55. The van der Waals surface area contributed by atoms with Crippen LogP contribution in [0.2, 0.25) is 5.02 Å². The second kappa shape index (κ2) is 11.5. The Kier molecular flexibility index (Phi) is 8.71. The van der Waals surface area contributed by atoms with Crippen LogP contribution in [0.1, 0.15) is 34.7 Å². The van der Waals surface area contributed by atoms with Crippen LogP contribution in [0, 0.1) is 6.92 Å². The lowest BCUT2D eigenvalue weighted by Crippen LogP contribution is -2.29. The highest BCUT2D eigenvalue weighted by molar-refractivity contribution is 9.10. The van der Waals surface area contributed by atoms with E-state index < -0.39 is 6.04 Å². The van der Waals surface area contributed by atoms with E-state index in [4.69, 9.17) is 11.6 Å². The molecule has 0 aliphatic rings. The minimum atomic E-state index is -0.435. The standard InChI is InChI=1S/C23H23BrClN5O2S/c1-4-11-30-21(15(3)26-22(32)17-7-5-6-8-18(17)25)28-29-23(30)33-13-20(31)27-19-10-9-16(24)12-14(19)2/h4-10,12,15H,1,11,13H2,2-3H3,(H,26,32)(H,27,31)/t15-/m0/s1. The molecule has 0 aliphatic carbocycles. The molecule has 1 heterocycles. The van der Waals surface area contributed by atoms with Gasteiger partial charge in [0.1, 0.15) is 0 Å². The quantitative estimate of drug-likeness (QED) is 0.276. The molecule has 0 spiro atoms. The second-order valence-electron chi connectivity index (χ2n) is 7.21. The summed E-state index contributed by atoms with van der Waals surface area (Å²) < 4.78 is 2.78. The van der Waals surface area contributed by atoms with Crippen molar-refractivity contribution in [3.63, 3.8) is 0 Å². The van der Waals surface area contributed by atoms with Crippen LogP contribution in [0.5, 0.6) is 0 Å². The highest BCUT2D eigenvalue weighted by atomic mass is 79.9. The lowest BCUT2D eigenvalue weighted by molar-refractivity contribution is -0.113. The van der Waals surface area contributed by atoms with Crippen molar-refractivity contribution in [3.8, 4) is 0 Å². The van der Waals surface area contributed by atoms with Gasteiger partial charge in [0, 0.05) is 16.7 Å². The Morgan fingerprint density at radius 2 is 2.03 bits per heavy atom. The number of hydrogen-bond acceptors (Lipinski definition) is 5. The lowest BCUT2D eigenvalue weighted by Gasteiger charge is -2.15. The summed E-state index contributed by atoms with van der Waals surface area (Å²) in [6.45, 7) is 7.97. The van der Waals surface area contributed by atoms with Crippen LogP contribution in [0.3, 0.4) is 0 Å². The highest BCUT2D eigenvalue weighted by Gasteiger charge is 2.21. The van der Waals surface area contributed by atoms with Gasteiger partial charge in [-0.2, -0.15) is 0 Å². The number of amides is 2. The Hall–Kier alpha value is -2.62. The number of carbonyl (C=O) groups is 2. The summed E-state index contributed by atoms with van der Waals surface area (Å²) in [5.41, 5.74) is 2.10. The molecule has 0 saturated carbocycles. The summed E-state index contributed by atoms with van der Waals surface area (Å²) in [7, 11) is 0. The van der Waals surface area contributed by atoms with E-state index >= 15 is 0 Å². The van der Waals surface area contributed by atoms with Crippen LogP contribution >= 0.6 is 39.3 Å². The van der Waals surface area contributed by atoms with Gasteiger partial charge in [0.2, 0.25) is 5.91 Å². The maximum Gasteiger partial charge on any atom is 0.253 e. The maximum atomic E-state index is 12.6. The topological polar surface area (TPSA) is 88.9 Å². The molecule has 1 aromatic heterocycles. The van der Waals surface area contributed by atoms with Gasteiger partial charge in [-0.25, -0.2) is 0 Å². The van der Waals surface area contributed by atoms with Crippen LogP contribution in [0.15, 0.2) is 64.7 Å². The van der Waals surface area contributed by atoms with E-state index in [0.29, 0.717) is 28.1 Å². The van der Waals surface area contributed by atoms with Crippen LogP contribution in [0.25, 0.3) is 0 Å². The van der Waals surface area contributed by atoms with Crippen molar-refractivity contribution in [2.75, 3.05) is 11.1 Å². The number of allylic oxidation sites excluding steroid dienone is 1. The SMILES string of the molecule is C=CCn1c(SCC(=O)Nc2ccc(Br)cc2C)nnc1[C@H](C)NC(=O)c1ccccc1Cl. The van der Waals surface area contributed by atoms with E-state index in [-0.39, 0.29) is 17.6 Å². The number of carbonyl (C=O) groups excluding carboxylic acids is 2. The zero-order chi connectivity index (χ0) is 24.0. The highest BCUT2D eigenvalue weighted by Crippen LogP contribution is 2.24. The molecule has 0 radical (unpaired) electrons. The Morgan fingerprint density at radius 1 is 1.27 bits per heavy atom. The van der Waals surface area contributed by atoms with Gasteiger partial charge in [-0.3, -0.25) is 9.59 Å². The molecule has 0 aliphatic heterocycles. The van der Waals surface area contributed by atoms with E-state index in [1.807, 2.05) is 36.6 Å². The summed E-state index contributed by atoms with van der Waals surface area (Å²) in [6, 6.07) is 12.1. The first-order valence-corrected chi connectivity index (χ1v) is 12.2. The van der Waals surface area contributed by atoms with Gasteiger partial charge < -0.3 is 15.2 Å². The number of aryl methyl sites for hydroxylation is 1. The average molecular weight is 549 g/mol. The molecule has 172 valence electrons. The predicted molar refractivity (Wildman–Crippen MR) is 136 cm³/mol. The van der Waals surface area contributed by atoms with Crippen LogP contribution in [-0.2, 0) is 11.3 Å². The van der Waals surface area contributed by atoms with Crippen LogP contribution < -0.4 is 10.6 Å². The number of halogens is 2. The van der Waals surface area contributed by atoms with Crippen molar-refractivity contribution < 1.29 is 9.59 Å². The minimum absolute atomic E-state index is 0.153. The van der Waals surface area contributed by atoms with E-state index in [2.05, 4.69) is 43.3 Å². The Balaban J connectivity index is 1.68. The molecule has 2 N–H and O–H groups in total. The molecular weight excluding hydrogens is 526 g/mol. The number of hydrogen-bond donors (Lipinski definition) is 2. The lowest BCUT2D eigenvalue weighted by atomic mass is 10.2. The molecule has 7 nitrogen and oxygen atoms in total. The molecule has 3 aromatic rings. The fourth-order valence-electron chi connectivity index (χ4n) is 3.10. The van der Waals surface area contributed by atoms with Crippen molar-refractivity contribution in [1.82, 2.24) is 20.1 Å². The fraction of sp³-hybridized carbons (Fsp3) is 0.217. The number of thioether (sulfide) groups is 1. The van der Waals surface area contributed by atoms with Gasteiger partial charge in [0.05, 0.1) is 22.4 Å². The number of benzene rings is 2. The summed E-state index contributed by atoms with van der Waals surface area (Å²) in [5, 5.41) is 15.2. The third-order valence-electron chi connectivity index (χ3n) is 4.71. The zero-order valence-corrected chi connectivity index (χ0v) is 21.3. The van der Waals surface area contributed by atoms with Crippen molar-refractivity contribution in [2.24, 2.45) is 0 Å². The van der Waals surface area contributed by atoms with Gasteiger partial charge in [-0.1, -0.05) is 57.5 Å². The van der Waals surface area contributed by atoms with Crippen molar-refractivity contribution >= 4 is 56.8 Å². The molecule has 2 aromatic carbocycles. The monoisotopic (exact) mass is 547 g/mol. The summed E-state index contributed by atoms with van der Waals surface area (Å²) in [4.78, 5) is 25.1. The Labute approximate surface area is 210 Å². The first-order valence-electron chi connectivity index (χ1n) is 10.1. The first-order chi connectivity index (χ1) is 15.8. The van der Waals surface area contributed by atoms with Crippen LogP contribution in [-0.4, -0.2) is 32.3 Å². The van der Waals surface area contributed by atoms with E-state index in [0.717, 1.165) is 15.7 Å². The molecule has 0 bridgehead atoms. The van der Waals surface area contributed by atoms with Gasteiger partial charge in [0.15, 0.2) is 11.0 Å². The molecular formula is C23H23BrClN5O2S. The molecule has 0 unspecified atom stereocenters. The average Bonchev–Trinajstić information content (AvgIpc) is 3.17. The normalized spacial score (nSPS) is 11.6.